The first-order valence-electron chi connectivity index (χ1n) is 10.4. The molecule has 0 spiro atoms. The molecule has 34 heavy (non-hydrogen) atoms. The molecule has 3 aromatic carbocycles. The third-order valence-corrected chi connectivity index (χ3v) is 5.88. The van der Waals surface area contributed by atoms with Gasteiger partial charge in [-0.1, -0.05) is 12.1 Å². The number of benzene rings is 3. The summed E-state index contributed by atoms with van der Waals surface area (Å²) in [6.45, 7) is 0. The van der Waals surface area contributed by atoms with Crippen LogP contribution in [0.25, 0.3) is 22.3 Å². The van der Waals surface area contributed by atoms with Crippen molar-refractivity contribution < 1.29 is 33.6 Å². The summed E-state index contributed by atoms with van der Waals surface area (Å²) in [5, 5.41) is 20.7. The van der Waals surface area contributed by atoms with Crippen LogP contribution in [0, 0.1) is 0 Å². The van der Waals surface area contributed by atoms with Crippen molar-refractivity contribution in [1.29, 1.82) is 0 Å². The first kappa shape index (κ1) is 21.4. The highest BCUT2D eigenvalue weighted by molar-refractivity contribution is 5.93. The quantitative estimate of drug-likeness (QED) is 0.342. The molecule has 8 heteroatoms. The van der Waals surface area contributed by atoms with Gasteiger partial charge in [0.2, 0.25) is 0 Å². The zero-order valence-corrected chi connectivity index (χ0v) is 18.3. The molecule has 8 nitrogen and oxygen atoms in total. The molecular formula is C26H20O8. The molecule has 2 N–H and O–H groups in total. The third kappa shape index (κ3) is 3.49. The first-order valence-corrected chi connectivity index (χ1v) is 10.4. The summed E-state index contributed by atoms with van der Waals surface area (Å²) in [6.07, 6.45) is 0.0112. The van der Waals surface area contributed by atoms with E-state index in [-0.39, 0.29) is 46.1 Å². The molecule has 1 atom stereocenters. The Labute approximate surface area is 193 Å². The Balaban J connectivity index is 1.79. The fourth-order valence-electron chi connectivity index (χ4n) is 4.29. The predicted octanol–water partition coefficient (Wildman–Crippen LogP) is 4.33. The molecule has 0 saturated heterocycles. The van der Waals surface area contributed by atoms with E-state index < -0.39 is 17.3 Å². The monoisotopic (exact) mass is 460 g/mol. The van der Waals surface area contributed by atoms with Crippen LogP contribution in [0.1, 0.15) is 23.5 Å². The van der Waals surface area contributed by atoms with Gasteiger partial charge in [0.15, 0.2) is 16.9 Å². The van der Waals surface area contributed by atoms with Crippen LogP contribution in [0.4, 0.5) is 0 Å². The lowest BCUT2D eigenvalue weighted by Gasteiger charge is -2.26. The maximum Gasteiger partial charge on any atom is 0.312 e. The van der Waals surface area contributed by atoms with E-state index in [1.165, 1.54) is 25.3 Å². The van der Waals surface area contributed by atoms with E-state index in [0.717, 1.165) is 5.56 Å². The Morgan fingerprint density at radius 2 is 1.76 bits per heavy atom. The molecule has 0 bridgehead atoms. The number of hydrogen-bond acceptors (Lipinski definition) is 8. The Bertz CT molecular complexity index is 1500. The highest BCUT2D eigenvalue weighted by atomic mass is 16.5. The lowest BCUT2D eigenvalue weighted by Crippen LogP contribution is -2.22. The number of aromatic hydroxyl groups is 2. The summed E-state index contributed by atoms with van der Waals surface area (Å²) in [5.74, 6) is -0.287. The molecule has 5 rings (SSSR count). The second kappa shape index (κ2) is 8.15. The van der Waals surface area contributed by atoms with Gasteiger partial charge in [0, 0.05) is 29.2 Å². The fourth-order valence-corrected chi connectivity index (χ4v) is 4.29. The van der Waals surface area contributed by atoms with Gasteiger partial charge in [-0.15, -0.1) is 0 Å². The van der Waals surface area contributed by atoms with Gasteiger partial charge in [-0.3, -0.25) is 9.59 Å². The molecule has 2 heterocycles. The molecular weight excluding hydrogens is 440 g/mol. The van der Waals surface area contributed by atoms with E-state index in [2.05, 4.69) is 0 Å². The predicted molar refractivity (Wildman–Crippen MR) is 123 cm³/mol. The van der Waals surface area contributed by atoms with Gasteiger partial charge in [0.25, 0.3) is 0 Å². The van der Waals surface area contributed by atoms with E-state index in [4.69, 9.17) is 18.6 Å². The molecule has 172 valence electrons. The van der Waals surface area contributed by atoms with Gasteiger partial charge < -0.3 is 28.8 Å². The minimum absolute atomic E-state index is 0.0112. The first-order chi connectivity index (χ1) is 16.4. The second-order valence-corrected chi connectivity index (χ2v) is 7.88. The van der Waals surface area contributed by atoms with Crippen molar-refractivity contribution in [3.8, 4) is 40.1 Å². The number of phenols is 2. The molecule has 0 fully saturated rings. The SMILES string of the molecule is COc1cccc([C@@H]2CC(=O)Oc3cc(O)c4c(=O)cc(-c5ccc(OC)c(O)c5)oc4c32)c1. The topological polar surface area (TPSA) is 115 Å². The van der Waals surface area contributed by atoms with Crippen molar-refractivity contribution >= 4 is 16.9 Å². The maximum absolute atomic E-state index is 13.1. The van der Waals surface area contributed by atoms with Crippen molar-refractivity contribution in [3.63, 3.8) is 0 Å². The van der Waals surface area contributed by atoms with Crippen LogP contribution < -0.4 is 19.6 Å². The van der Waals surface area contributed by atoms with Gasteiger partial charge >= 0.3 is 5.97 Å². The maximum atomic E-state index is 13.1. The van der Waals surface area contributed by atoms with Gasteiger partial charge in [-0.25, -0.2) is 0 Å². The number of phenolic OH excluding ortho intramolecular Hbond substituents is 2. The number of carbonyl (C=O) groups is 1. The lowest BCUT2D eigenvalue weighted by atomic mass is 9.85. The van der Waals surface area contributed by atoms with Crippen molar-refractivity contribution in [3.05, 3.63) is 75.9 Å². The molecule has 4 aromatic rings. The van der Waals surface area contributed by atoms with Crippen molar-refractivity contribution in [1.82, 2.24) is 0 Å². The number of ether oxygens (including phenoxy) is 3. The van der Waals surface area contributed by atoms with E-state index in [0.29, 0.717) is 16.9 Å². The Morgan fingerprint density at radius 1 is 0.941 bits per heavy atom. The number of hydrogen-bond donors (Lipinski definition) is 2. The standard InChI is InChI=1S/C26H20O8/c1-31-15-5-3-4-13(8-15)16-10-23(30)33-22-12-19(29)25-18(28)11-21(34-26(25)24(16)22)14-6-7-20(32-2)17(27)9-14/h3-9,11-12,16,27,29H,10H2,1-2H3/t16-/m0/s1. The zero-order valence-electron chi connectivity index (χ0n) is 18.3. The normalized spacial score (nSPS) is 15.0. The van der Waals surface area contributed by atoms with E-state index in [1.807, 2.05) is 6.07 Å². The van der Waals surface area contributed by atoms with Gasteiger partial charge in [-0.2, -0.15) is 0 Å². The molecule has 1 aliphatic rings. The Kier molecular flexibility index (Phi) is 5.13. The second-order valence-electron chi connectivity index (χ2n) is 7.88. The molecule has 0 saturated carbocycles. The molecule has 1 aromatic heterocycles. The number of fused-ring (bicyclic) bond motifs is 3. The van der Waals surface area contributed by atoms with Crippen LogP contribution in [-0.2, 0) is 4.79 Å². The third-order valence-electron chi connectivity index (χ3n) is 5.88. The van der Waals surface area contributed by atoms with E-state index >= 15 is 0 Å². The number of carbonyl (C=O) groups excluding carboxylic acids is 1. The van der Waals surface area contributed by atoms with Crippen LogP contribution in [0.3, 0.4) is 0 Å². The van der Waals surface area contributed by atoms with Crippen molar-refractivity contribution in [2.24, 2.45) is 0 Å². The molecule has 0 aliphatic carbocycles. The number of esters is 1. The summed E-state index contributed by atoms with van der Waals surface area (Å²) in [5.41, 5.74) is 1.29. The minimum Gasteiger partial charge on any atom is -0.507 e. The van der Waals surface area contributed by atoms with Crippen LogP contribution in [0.5, 0.6) is 28.7 Å². The smallest absolute Gasteiger partial charge is 0.312 e. The van der Waals surface area contributed by atoms with Gasteiger partial charge in [0.1, 0.15) is 34.0 Å². The van der Waals surface area contributed by atoms with Gasteiger partial charge in [0.05, 0.1) is 20.6 Å². The molecule has 0 amide bonds. The Hall–Kier alpha value is -4.46. The molecule has 0 unspecified atom stereocenters. The largest absolute Gasteiger partial charge is 0.507 e. The zero-order chi connectivity index (χ0) is 24.0. The summed E-state index contributed by atoms with van der Waals surface area (Å²) >= 11 is 0. The summed E-state index contributed by atoms with van der Waals surface area (Å²) in [6, 6.07) is 14.3. The van der Waals surface area contributed by atoms with Crippen molar-refractivity contribution in [2.45, 2.75) is 12.3 Å². The van der Waals surface area contributed by atoms with Crippen LogP contribution in [0.15, 0.2) is 63.8 Å². The highest BCUT2D eigenvalue weighted by Gasteiger charge is 2.33. The van der Waals surface area contributed by atoms with Crippen LogP contribution in [-0.4, -0.2) is 30.4 Å². The molecule has 1 aliphatic heterocycles. The van der Waals surface area contributed by atoms with Crippen molar-refractivity contribution in [2.75, 3.05) is 14.2 Å². The van der Waals surface area contributed by atoms with E-state index in [1.54, 1.807) is 37.4 Å². The minimum atomic E-state index is -0.503. The van der Waals surface area contributed by atoms with E-state index in [9.17, 15) is 19.8 Å². The van der Waals surface area contributed by atoms with Crippen LogP contribution >= 0.6 is 0 Å². The molecule has 0 radical (unpaired) electrons. The lowest BCUT2D eigenvalue weighted by molar-refractivity contribution is -0.135. The summed E-state index contributed by atoms with van der Waals surface area (Å²) in [4.78, 5) is 25.5. The average molecular weight is 460 g/mol. The summed E-state index contributed by atoms with van der Waals surface area (Å²) < 4.78 is 22.0. The fraction of sp³-hybridized carbons (Fsp3) is 0.154. The number of rotatable bonds is 4. The van der Waals surface area contributed by atoms with Gasteiger partial charge in [-0.05, 0) is 35.9 Å². The average Bonchev–Trinajstić information content (AvgIpc) is 2.82. The Morgan fingerprint density at radius 3 is 2.50 bits per heavy atom. The summed E-state index contributed by atoms with van der Waals surface area (Å²) in [7, 11) is 2.98. The number of methoxy groups -OCH3 is 2. The highest BCUT2D eigenvalue weighted by Crippen LogP contribution is 2.46. The van der Waals surface area contributed by atoms with Crippen LogP contribution in [0.2, 0.25) is 0 Å².